The van der Waals surface area contributed by atoms with Crippen molar-refractivity contribution >= 4 is 17.7 Å². The Bertz CT molecular complexity index is 752. The molecule has 0 aromatic heterocycles. The molecule has 2 rings (SSSR count). The van der Waals surface area contributed by atoms with Crippen LogP contribution in [0.2, 0.25) is 0 Å². The molecule has 1 aromatic rings. The van der Waals surface area contributed by atoms with Gasteiger partial charge in [0.25, 0.3) is 5.91 Å². The molecule has 166 valence electrons. The second-order valence-electron chi connectivity index (χ2n) is 9.18. The molecule has 3 amide bonds. The number of benzene rings is 1. The van der Waals surface area contributed by atoms with Crippen LogP contribution in [0, 0.1) is 24.7 Å². The molecule has 1 aliphatic rings. The average molecular weight is 416 g/mol. The summed E-state index contributed by atoms with van der Waals surface area (Å²) in [4.78, 5) is 40.2. The Hall–Kier alpha value is -2.37. The zero-order valence-electron chi connectivity index (χ0n) is 19.2. The summed E-state index contributed by atoms with van der Waals surface area (Å²) in [7, 11) is 0. The third-order valence-electron chi connectivity index (χ3n) is 6.04. The number of hydrogen-bond donors (Lipinski definition) is 2. The minimum absolute atomic E-state index is 0.00525. The van der Waals surface area contributed by atoms with E-state index >= 15 is 0 Å². The summed E-state index contributed by atoms with van der Waals surface area (Å²) in [5.41, 5.74) is 1.55. The van der Waals surface area contributed by atoms with Crippen LogP contribution in [0.1, 0.15) is 63.4 Å². The Morgan fingerprint density at radius 3 is 2.17 bits per heavy atom. The highest BCUT2D eigenvalue weighted by Crippen LogP contribution is 2.23. The van der Waals surface area contributed by atoms with E-state index in [1.54, 1.807) is 6.07 Å². The SMILES string of the molecule is Cc1cccc(C(=O)N[C@H](C(=O)N[C@H](C)C(C)C)C2CCN(C(=O)C(C)C)CC2)c1. The van der Waals surface area contributed by atoms with Gasteiger partial charge in [-0.3, -0.25) is 14.4 Å². The van der Waals surface area contributed by atoms with Gasteiger partial charge in [-0.05, 0) is 50.7 Å². The number of hydrogen-bond acceptors (Lipinski definition) is 3. The summed E-state index contributed by atoms with van der Waals surface area (Å²) in [6.45, 7) is 13.1. The van der Waals surface area contributed by atoms with Crippen LogP contribution in [0.4, 0.5) is 0 Å². The van der Waals surface area contributed by atoms with Crippen molar-refractivity contribution in [3.05, 3.63) is 35.4 Å². The summed E-state index contributed by atoms with van der Waals surface area (Å²) < 4.78 is 0. The van der Waals surface area contributed by atoms with Gasteiger partial charge in [0.1, 0.15) is 6.04 Å². The molecule has 0 unspecified atom stereocenters. The fourth-order valence-electron chi connectivity index (χ4n) is 3.71. The van der Waals surface area contributed by atoms with Crippen LogP contribution in [0.3, 0.4) is 0 Å². The lowest BCUT2D eigenvalue weighted by Gasteiger charge is -2.37. The number of amides is 3. The van der Waals surface area contributed by atoms with Gasteiger partial charge < -0.3 is 15.5 Å². The van der Waals surface area contributed by atoms with Crippen molar-refractivity contribution < 1.29 is 14.4 Å². The van der Waals surface area contributed by atoms with E-state index in [0.717, 1.165) is 5.56 Å². The first-order valence-corrected chi connectivity index (χ1v) is 11.1. The van der Waals surface area contributed by atoms with E-state index < -0.39 is 6.04 Å². The molecule has 1 fully saturated rings. The first kappa shape index (κ1) is 23.9. The Morgan fingerprint density at radius 1 is 1.00 bits per heavy atom. The maximum atomic E-state index is 13.1. The summed E-state index contributed by atoms with van der Waals surface area (Å²) in [5, 5.41) is 6.05. The highest BCUT2D eigenvalue weighted by atomic mass is 16.2. The van der Waals surface area contributed by atoms with Crippen LogP contribution in [-0.2, 0) is 9.59 Å². The predicted octanol–water partition coefficient (Wildman–Crippen LogP) is 3.15. The van der Waals surface area contributed by atoms with Crippen LogP contribution >= 0.6 is 0 Å². The number of nitrogens with one attached hydrogen (secondary N) is 2. The van der Waals surface area contributed by atoms with Crippen molar-refractivity contribution in [1.82, 2.24) is 15.5 Å². The monoisotopic (exact) mass is 415 g/mol. The van der Waals surface area contributed by atoms with Crippen LogP contribution in [0.5, 0.6) is 0 Å². The summed E-state index contributed by atoms with van der Waals surface area (Å²) in [6, 6.07) is 6.76. The standard InChI is InChI=1S/C24H37N3O3/c1-15(2)18(6)25-23(29)21(26-22(28)20-9-7-8-17(5)14-20)19-10-12-27(13-11-19)24(30)16(3)4/h7-9,14-16,18-19,21H,10-13H2,1-6H3,(H,25,29)(H,26,28)/t18-,21+/m1/s1. The summed E-state index contributed by atoms with van der Waals surface area (Å²) in [6.07, 6.45) is 1.39. The third kappa shape index (κ3) is 6.31. The second kappa shape index (κ2) is 10.6. The van der Waals surface area contributed by atoms with E-state index in [9.17, 15) is 14.4 Å². The van der Waals surface area contributed by atoms with E-state index in [1.165, 1.54) is 0 Å². The molecule has 30 heavy (non-hydrogen) atoms. The lowest BCUT2D eigenvalue weighted by atomic mass is 9.87. The van der Waals surface area contributed by atoms with Gasteiger partial charge in [-0.1, -0.05) is 45.4 Å². The van der Waals surface area contributed by atoms with Crippen molar-refractivity contribution in [1.29, 1.82) is 0 Å². The molecule has 6 nitrogen and oxygen atoms in total. The number of carbonyl (C=O) groups excluding carboxylic acids is 3. The molecule has 0 saturated carbocycles. The lowest BCUT2D eigenvalue weighted by Crippen LogP contribution is -2.55. The van der Waals surface area contributed by atoms with Gasteiger partial charge in [0.2, 0.25) is 11.8 Å². The van der Waals surface area contributed by atoms with E-state index in [0.29, 0.717) is 37.4 Å². The predicted molar refractivity (Wildman–Crippen MR) is 119 cm³/mol. The molecule has 1 aromatic carbocycles. The molecule has 0 spiro atoms. The van der Waals surface area contributed by atoms with Gasteiger partial charge >= 0.3 is 0 Å². The minimum atomic E-state index is -0.615. The maximum absolute atomic E-state index is 13.1. The molecule has 1 heterocycles. The number of likely N-dealkylation sites (tertiary alicyclic amines) is 1. The number of piperidine rings is 1. The molecule has 0 aliphatic carbocycles. The van der Waals surface area contributed by atoms with Gasteiger partial charge in [-0.2, -0.15) is 0 Å². The number of nitrogens with zero attached hydrogens (tertiary/aromatic N) is 1. The van der Waals surface area contributed by atoms with E-state index in [1.807, 2.05) is 50.8 Å². The Morgan fingerprint density at radius 2 is 1.63 bits per heavy atom. The van der Waals surface area contributed by atoms with E-state index in [-0.39, 0.29) is 35.6 Å². The molecule has 0 radical (unpaired) electrons. The molecular formula is C24H37N3O3. The van der Waals surface area contributed by atoms with Crippen molar-refractivity contribution in [2.75, 3.05) is 13.1 Å². The number of carbonyl (C=O) groups is 3. The fourth-order valence-corrected chi connectivity index (χ4v) is 3.71. The van der Waals surface area contributed by atoms with Gasteiger partial charge in [0.15, 0.2) is 0 Å². The smallest absolute Gasteiger partial charge is 0.251 e. The van der Waals surface area contributed by atoms with Gasteiger partial charge in [-0.25, -0.2) is 0 Å². The number of rotatable bonds is 7. The highest BCUT2D eigenvalue weighted by molar-refractivity contribution is 5.97. The van der Waals surface area contributed by atoms with Crippen molar-refractivity contribution in [2.45, 2.75) is 66.5 Å². The van der Waals surface area contributed by atoms with Crippen LogP contribution in [-0.4, -0.2) is 47.8 Å². The average Bonchev–Trinajstić information content (AvgIpc) is 2.71. The normalized spacial score (nSPS) is 17.0. The topological polar surface area (TPSA) is 78.5 Å². The molecule has 0 bridgehead atoms. The quantitative estimate of drug-likeness (QED) is 0.718. The van der Waals surface area contributed by atoms with Gasteiger partial charge in [0, 0.05) is 30.6 Å². The first-order valence-electron chi connectivity index (χ1n) is 11.1. The molecule has 1 saturated heterocycles. The zero-order valence-corrected chi connectivity index (χ0v) is 19.2. The zero-order chi connectivity index (χ0) is 22.4. The summed E-state index contributed by atoms with van der Waals surface area (Å²) in [5.74, 6) is 0.0183. The van der Waals surface area contributed by atoms with Crippen LogP contribution in [0.15, 0.2) is 24.3 Å². The molecule has 2 atom stereocenters. The van der Waals surface area contributed by atoms with E-state index in [2.05, 4.69) is 24.5 Å². The van der Waals surface area contributed by atoms with Crippen molar-refractivity contribution in [3.8, 4) is 0 Å². The fraction of sp³-hybridized carbons (Fsp3) is 0.625. The second-order valence-corrected chi connectivity index (χ2v) is 9.18. The minimum Gasteiger partial charge on any atom is -0.352 e. The van der Waals surface area contributed by atoms with Gasteiger partial charge in [0.05, 0.1) is 0 Å². The molecule has 2 N–H and O–H groups in total. The molecule has 6 heteroatoms. The molecule has 1 aliphatic heterocycles. The summed E-state index contributed by atoms with van der Waals surface area (Å²) >= 11 is 0. The maximum Gasteiger partial charge on any atom is 0.251 e. The van der Waals surface area contributed by atoms with E-state index in [4.69, 9.17) is 0 Å². The Kier molecular flexibility index (Phi) is 8.44. The lowest BCUT2D eigenvalue weighted by molar-refractivity contribution is -0.136. The largest absolute Gasteiger partial charge is 0.352 e. The highest BCUT2D eigenvalue weighted by Gasteiger charge is 2.35. The Balaban J connectivity index is 2.14. The van der Waals surface area contributed by atoms with Crippen LogP contribution in [0.25, 0.3) is 0 Å². The molecular weight excluding hydrogens is 378 g/mol. The van der Waals surface area contributed by atoms with Gasteiger partial charge in [-0.15, -0.1) is 0 Å². The van der Waals surface area contributed by atoms with Crippen LogP contribution < -0.4 is 10.6 Å². The third-order valence-corrected chi connectivity index (χ3v) is 6.04. The Labute approximate surface area is 180 Å². The first-order chi connectivity index (χ1) is 14.1. The van der Waals surface area contributed by atoms with Crippen molar-refractivity contribution in [3.63, 3.8) is 0 Å². The number of aryl methyl sites for hydroxylation is 1. The van der Waals surface area contributed by atoms with Crippen molar-refractivity contribution in [2.24, 2.45) is 17.8 Å².